The van der Waals surface area contributed by atoms with Crippen LogP contribution < -0.4 is 0 Å². The highest BCUT2D eigenvalue weighted by atomic mass is 14.6. The molecule has 60 heavy (non-hydrogen) atoms. The minimum absolute atomic E-state index is 0.911. The van der Waals surface area contributed by atoms with E-state index in [1.165, 1.54) is 38.5 Å². The van der Waals surface area contributed by atoms with Gasteiger partial charge in [0.15, 0.2) is 0 Å². The lowest BCUT2D eigenvalue weighted by atomic mass is 9.46. The molecule has 0 spiro atoms. The maximum absolute atomic E-state index is 2.62. The Morgan fingerprint density at radius 2 is 0.400 bits per heavy atom. The minimum atomic E-state index is 0.911. The molecule has 9 saturated carbocycles. The van der Waals surface area contributed by atoms with E-state index in [0.29, 0.717) is 0 Å². The van der Waals surface area contributed by atoms with Crippen molar-refractivity contribution in [2.45, 2.75) is 184 Å². The molecule has 33 atom stereocenters. The SMILES string of the molecule is CC1CCC2C(C)C(C)C3C(C)C(C)C(C)C(C)C3C12.CC1CCC2C(C)C3C(C)C(C)C(C)C(C)C3C(C)C12.CC1CCC2C1C(C)C(C)C1C(C)C(C)C(C)C(C)C21. The highest BCUT2D eigenvalue weighted by Gasteiger charge is 2.60. The molecule has 0 aromatic rings. The van der Waals surface area contributed by atoms with Crippen molar-refractivity contribution in [2.75, 3.05) is 0 Å². The second kappa shape index (κ2) is 18.0. The quantitative estimate of drug-likeness (QED) is 0.228. The maximum Gasteiger partial charge on any atom is -0.0318 e. The van der Waals surface area contributed by atoms with Gasteiger partial charge in [0.05, 0.1) is 0 Å². The average molecular weight is 830 g/mol. The normalized spacial score (nSPS) is 62.9. The molecule has 0 radical (unpaired) electrons. The van der Waals surface area contributed by atoms with E-state index in [-0.39, 0.29) is 0 Å². The Morgan fingerprint density at radius 1 is 0.150 bits per heavy atom. The molecule has 0 aliphatic heterocycles. The fourth-order valence-corrected chi connectivity index (χ4v) is 21.6. The number of hydrogen-bond donors (Lipinski definition) is 0. The molecule has 9 aliphatic carbocycles. The summed E-state index contributed by atoms with van der Waals surface area (Å²) < 4.78 is 0. The highest BCUT2D eigenvalue weighted by molar-refractivity contribution is 5.08. The molecule has 348 valence electrons. The van der Waals surface area contributed by atoms with Gasteiger partial charge in [-0.2, -0.15) is 0 Å². The van der Waals surface area contributed by atoms with E-state index >= 15 is 0 Å². The van der Waals surface area contributed by atoms with Crippen molar-refractivity contribution in [3.05, 3.63) is 0 Å². The van der Waals surface area contributed by atoms with Crippen LogP contribution in [0.2, 0.25) is 0 Å². The summed E-state index contributed by atoms with van der Waals surface area (Å²) in [7, 11) is 0. The molecule has 0 saturated heterocycles. The van der Waals surface area contributed by atoms with Gasteiger partial charge >= 0.3 is 0 Å². The minimum Gasteiger partial charge on any atom is -0.0622 e. The van der Waals surface area contributed by atoms with Crippen LogP contribution in [-0.4, -0.2) is 0 Å². The molecule has 0 heteroatoms. The van der Waals surface area contributed by atoms with Gasteiger partial charge in [-0.25, -0.2) is 0 Å². The lowest BCUT2D eigenvalue weighted by Crippen LogP contribution is -2.54. The Labute approximate surface area is 377 Å². The summed E-state index contributed by atoms with van der Waals surface area (Å²) >= 11 is 0. The van der Waals surface area contributed by atoms with E-state index in [4.69, 9.17) is 0 Å². The number of fused-ring (bicyclic) bond motifs is 8. The Kier molecular flexibility index (Phi) is 14.4. The van der Waals surface area contributed by atoms with E-state index in [1.54, 1.807) is 0 Å². The summed E-state index contributed by atoms with van der Waals surface area (Å²) in [4.78, 5) is 0. The molecule has 9 fully saturated rings. The van der Waals surface area contributed by atoms with Gasteiger partial charge in [0.2, 0.25) is 0 Å². The summed E-state index contributed by atoms with van der Waals surface area (Å²) in [6.07, 6.45) is 9.07. The van der Waals surface area contributed by atoms with Crippen molar-refractivity contribution >= 4 is 0 Å². The van der Waals surface area contributed by atoms with E-state index in [1.807, 2.05) is 0 Å². The lowest BCUT2D eigenvalue weighted by molar-refractivity contribution is -0.116. The third-order valence-electron chi connectivity index (χ3n) is 26.4. The van der Waals surface area contributed by atoms with Gasteiger partial charge in [-0.1, -0.05) is 165 Å². The molecule has 0 aromatic carbocycles. The van der Waals surface area contributed by atoms with Crippen molar-refractivity contribution in [3.63, 3.8) is 0 Å². The smallest absolute Gasteiger partial charge is 0.0318 e. The second-order valence-corrected chi connectivity index (χ2v) is 27.3. The van der Waals surface area contributed by atoms with Crippen LogP contribution in [0.3, 0.4) is 0 Å². The third-order valence-corrected chi connectivity index (χ3v) is 26.4. The van der Waals surface area contributed by atoms with Gasteiger partial charge in [-0.05, 0) is 215 Å². The Balaban J connectivity index is 0.000000136. The van der Waals surface area contributed by atoms with Gasteiger partial charge < -0.3 is 0 Å². The molecule has 0 N–H and O–H groups in total. The first-order valence-electron chi connectivity index (χ1n) is 28.1. The Bertz CT molecular complexity index is 1390. The van der Waals surface area contributed by atoms with Crippen molar-refractivity contribution < 1.29 is 0 Å². The van der Waals surface area contributed by atoms with Crippen molar-refractivity contribution in [1.29, 1.82) is 0 Å². The largest absolute Gasteiger partial charge is 0.0622 e. The van der Waals surface area contributed by atoms with E-state index < -0.39 is 0 Å². The molecule has 0 nitrogen and oxygen atoms in total. The maximum atomic E-state index is 2.62. The average Bonchev–Trinajstić information content (AvgIpc) is 3.93. The van der Waals surface area contributed by atoms with Crippen LogP contribution in [0.25, 0.3) is 0 Å². The monoisotopic (exact) mass is 829 g/mol. The van der Waals surface area contributed by atoms with Crippen molar-refractivity contribution in [3.8, 4) is 0 Å². The first-order valence-corrected chi connectivity index (χ1v) is 28.1. The summed E-state index contributed by atoms with van der Waals surface area (Å²) in [5.74, 6) is 32.0. The summed E-state index contributed by atoms with van der Waals surface area (Å²) in [6.45, 7) is 53.9. The van der Waals surface area contributed by atoms with Crippen molar-refractivity contribution in [2.24, 2.45) is 195 Å². The van der Waals surface area contributed by atoms with Crippen LogP contribution in [0.5, 0.6) is 0 Å². The zero-order valence-corrected chi connectivity index (χ0v) is 44.3. The van der Waals surface area contributed by atoms with Gasteiger partial charge in [0.1, 0.15) is 0 Å². The van der Waals surface area contributed by atoms with Crippen LogP contribution in [-0.2, 0) is 0 Å². The lowest BCUT2D eigenvalue weighted by Gasteiger charge is -2.59. The summed E-state index contributed by atoms with van der Waals surface area (Å²) in [5, 5.41) is 0. The van der Waals surface area contributed by atoms with Crippen LogP contribution in [0.15, 0.2) is 0 Å². The fraction of sp³-hybridized carbons (Fsp3) is 1.00. The summed E-state index contributed by atoms with van der Waals surface area (Å²) in [5.41, 5.74) is 0. The Morgan fingerprint density at radius 3 is 0.850 bits per heavy atom. The standard InChI is InChI=1S/3C20H36/c1-10-8-9-17-13(4)16(7)19-14(5)11(2)12(3)15(6)20(19)18(10)17;1-10-8-9-17-15(6)19-13(4)11(2)12(3)14(5)20(19)16(7)18(10)17;1-10-8-9-17-18(10)15(6)16(7)19-13(4)11(2)12(3)14(5)20(17)19/h3*10-20H,8-9H2,1-7H3. The van der Waals surface area contributed by atoms with Crippen LogP contribution in [0.1, 0.15) is 184 Å². The van der Waals surface area contributed by atoms with E-state index in [2.05, 4.69) is 145 Å². The Hall–Kier alpha value is 0. The van der Waals surface area contributed by atoms with Crippen LogP contribution >= 0.6 is 0 Å². The number of hydrogen-bond acceptors (Lipinski definition) is 0. The van der Waals surface area contributed by atoms with Crippen LogP contribution in [0.4, 0.5) is 0 Å². The molecule has 0 amide bonds. The van der Waals surface area contributed by atoms with E-state index in [9.17, 15) is 0 Å². The molecule has 0 bridgehead atoms. The topological polar surface area (TPSA) is 0 Å². The molecule has 0 heterocycles. The van der Waals surface area contributed by atoms with E-state index in [0.717, 1.165) is 195 Å². The van der Waals surface area contributed by atoms with Gasteiger partial charge in [0, 0.05) is 0 Å². The molecule has 33 unspecified atom stereocenters. The van der Waals surface area contributed by atoms with Gasteiger partial charge in [-0.15, -0.1) is 0 Å². The van der Waals surface area contributed by atoms with Crippen LogP contribution in [0, 0.1) is 195 Å². The predicted molar refractivity (Wildman–Crippen MR) is 262 cm³/mol. The molecule has 9 aliphatic rings. The first kappa shape index (κ1) is 47.9. The van der Waals surface area contributed by atoms with Crippen molar-refractivity contribution in [1.82, 2.24) is 0 Å². The zero-order valence-electron chi connectivity index (χ0n) is 44.3. The predicted octanol–water partition coefficient (Wildman–Crippen LogP) is 17.2. The molecular formula is C60H108. The fourth-order valence-electron chi connectivity index (χ4n) is 21.6. The van der Waals surface area contributed by atoms with Gasteiger partial charge in [0.25, 0.3) is 0 Å². The third kappa shape index (κ3) is 7.45. The zero-order chi connectivity index (χ0) is 44.3. The molecular weight excluding hydrogens is 721 g/mol. The molecule has 9 rings (SSSR count). The number of rotatable bonds is 0. The highest BCUT2D eigenvalue weighted by Crippen LogP contribution is 2.66. The summed E-state index contributed by atoms with van der Waals surface area (Å²) in [6, 6.07) is 0. The molecule has 0 aromatic heterocycles. The van der Waals surface area contributed by atoms with Gasteiger partial charge in [-0.3, -0.25) is 0 Å². The first-order chi connectivity index (χ1) is 28.1. The second-order valence-electron chi connectivity index (χ2n) is 27.3.